The minimum Gasteiger partial charge on any atom is -0.378 e. The van der Waals surface area contributed by atoms with Gasteiger partial charge in [-0.1, -0.05) is 6.42 Å². The van der Waals surface area contributed by atoms with E-state index in [4.69, 9.17) is 4.74 Å². The Morgan fingerprint density at radius 2 is 2.17 bits per heavy atom. The summed E-state index contributed by atoms with van der Waals surface area (Å²) in [6.45, 7) is 5.24. The van der Waals surface area contributed by atoms with Crippen molar-refractivity contribution in [2.75, 3.05) is 6.61 Å². The standard InChI is InChI=1S/C11H20O/c1-3-12-8(2)11-7-9-4-5-10(11)6-9/h8-11H,3-7H2,1-2H3. The van der Waals surface area contributed by atoms with Gasteiger partial charge >= 0.3 is 0 Å². The molecule has 0 aromatic carbocycles. The first-order chi connectivity index (χ1) is 5.81. The Morgan fingerprint density at radius 3 is 2.67 bits per heavy atom. The zero-order chi connectivity index (χ0) is 8.55. The molecule has 0 spiro atoms. The summed E-state index contributed by atoms with van der Waals surface area (Å²) in [4.78, 5) is 0. The molecule has 4 atom stereocenters. The summed E-state index contributed by atoms with van der Waals surface area (Å²) >= 11 is 0. The molecule has 2 saturated carbocycles. The lowest BCUT2D eigenvalue weighted by atomic mass is 9.85. The van der Waals surface area contributed by atoms with E-state index in [0.29, 0.717) is 6.10 Å². The molecule has 70 valence electrons. The Kier molecular flexibility index (Phi) is 2.40. The second-order valence-electron chi connectivity index (χ2n) is 4.50. The largest absolute Gasteiger partial charge is 0.378 e. The van der Waals surface area contributed by atoms with Crippen molar-refractivity contribution in [3.05, 3.63) is 0 Å². The van der Waals surface area contributed by atoms with Crippen molar-refractivity contribution in [3.63, 3.8) is 0 Å². The molecule has 12 heavy (non-hydrogen) atoms. The van der Waals surface area contributed by atoms with E-state index in [1.165, 1.54) is 25.7 Å². The van der Waals surface area contributed by atoms with Crippen LogP contribution in [-0.2, 0) is 4.74 Å². The molecule has 2 fully saturated rings. The summed E-state index contributed by atoms with van der Waals surface area (Å²) in [7, 11) is 0. The van der Waals surface area contributed by atoms with Crippen molar-refractivity contribution in [2.24, 2.45) is 17.8 Å². The van der Waals surface area contributed by atoms with Crippen molar-refractivity contribution in [1.29, 1.82) is 0 Å². The monoisotopic (exact) mass is 168 g/mol. The van der Waals surface area contributed by atoms with Gasteiger partial charge < -0.3 is 4.74 Å². The quantitative estimate of drug-likeness (QED) is 0.629. The van der Waals surface area contributed by atoms with Gasteiger partial charge in [-0.2, -0.15) is 0 Å². The van der Waals surface area contributed by atoms with Crippen molar-refractivity contribution in [1.82, 2.24) is 0 Å². The normalized spacial score (nSPS) is 42.0. The van der Waals surface area contributed by atoms with Crippen LogP contribution >= 0.6 is 0 Å². The van der Waals surface area contributed by atoms with Crippen LogP contribution in [-0.4, -0.2) is 12.7 Å². The summed E-state index contributed by atoms with van der Waals surface area (Å²) in [6, 6.07) is 0. The van der Waals surface area contributed by atoms with Crippen molar-refractivity contribution >= 4 is 0 Å². The van der Waals surface area contributed by atoms with E-state index in [1.54, 1.807) is 0 Å². The molecule has 2 aliphatic carbocycles. The highest BCUT2D eigenvalue weighted by molar-refractivity contribution is 4.92. The first kappa shape index (κ1) is 8.55. The van der Waals surface area contributed by atoms with Crippen LogP contribution in [0.1, 0.15) is 39.5 Å². The first-order valence-corrected chi connectivity index (χ1v) is 5.42. The van der Waals surface area contributed by atoms with Crippen LogP contribution in [0.25, 0.3) is 0 Å². The maximum Gasteiger partial charge on any atom is 0.0577 e. The molecule has 0 heterocycles. The molecule has 0 N–H and O–H groups in total. The Labute approximate surface area is 75.5 Å². The third kappa shape index (κ3) is 1.39. The summed E-state index contributed by atoms with van der Waals surface area (Å²) < 4.78 is 5.68. The molecule has 0 aromatic rings. The molecule has 0 aromatic heterocycles. The van der Waals surface area contributed by atoms with E-state index in [-0.39, 0.29) is 0 Å². The first-order valence-electron chi connectivity index (χ1n) is 5.42. The highest BCUT2D eigenvalue weighted by atomic mass is 16.5. The lowest BCUT2D eigenvalue weighted by Crippen LogP contribution is -2.25. The summed E-state index contributed by atoms with van der Waals surface area (Å²) in [5, 5.41) is 0. The van der Waals surface area contributed by atoms with E-state index in [1.807, 2.05) is 0 Å². The van der Waals surface area contributed by atoms with E-state index >= 15 is 0 Å². The lowest BCUT2D eigenvalue weighted by molar-refractivity contribution is 0.0137. The van der Waals surface area contributed by atoms with Crippen LogP contribution in [0, 0.1) is 17.8 Å². The SMILES string of the molecule is CCOC(C)C1CC2CCC1C2. The van der Waals surface area contributed by atoms with Gasteiger partial charge in [-0.3, -0.25) is 0 Å². The molecule has 2 aliphatic rings. The summed E-state index contributed by atoms with van der Waals surface area (Å²) in [5.74, 6) is 2.96. The van der Waals surface area contributed by atoms with Crippen LogP contribution in [0.15, 0.2) is 0 Å². The highest BCUT2D eigenvalue weighted by Crippen LogP contribution is 2.49. The highest BCUT2D eigenvalue weighted by Gasteiger charge is 2.41. The van der Waals surface area contributed by atoms with Crippen LogP contribution in [0.4, 0.5) is 0 Å². The number of ether oxygens (including phenoxy) is 1. The van der Waals surface area contributed by atoms with Crippen LogP contribution in [0.5, 0.6) is 0 Å². The number of rotatable bonds is 3. The fraction of sp³-hybridized carbons (Fsp3) is 1.00. The molecule has 0 saturated heterocycles. The molecule has 0 amide bonds. The Balaban J connectivity index is 1.89. The van der Waals surface area contributed by atoms with E-state index in [9.17, 15) is 0 Å². The Hall–Kier alpha value is -0.0400. The van der Waals surface area contributed by atoms with E-state index in [0.717, 1.165) is 24.4 Å². The van der Waals surface area contributed by atoms with E-state index < -0.39 is 0 Å². The Morgan fingerprint density at radius 1 is 1.33 bits per heavy atom. The summed E-state index contributed by atoms with van der Waals surface area (Å²) in [6.07, 6.45) is 6.45. The van der Waals surface area contributed by atoms with Crippen molar-refractivity contribution in [3.8, 4) is 0 Å². The fourth-order valence-electron chi connectivity index (χ4n) is 3.26. The van der Waals surface area contributed by atoms with Gasteiger partial charge in [0.05, 0.1) is 6.10 Å². The van der Waals surface area contributed by atoms with Crippen molar-refractivity contribution in [2.45, 2.75) is 45.6 Å². The molecule has 4 unspecified atom stereocenters. The van der Waals surface area contributed by atoms with Crippen LogP contribution in [0.3, 0.4) is 0 Å². The molecule has 1 nitrogen and oxygen atoms in total. The minimum absolute atomic E-state index is 0.519. The van der Waals surface area contributed by atoms with Gasteiger partial charge in [0.1, 0.15) is 0 Å². The second-order valence-corrected chi connectivity index (χ2v) is 4.50. The second kappa shape index (κ2) is 3.37. The maximum atomic E-state index is 5.68. The lowest BCUT2D eigenvalue weighted by Gasteiger charge is -2.27. The molecule has 1 heteroatoms. The minimum atomic E-state index is 0.519. The molecular weight excluding hydrogens is 148 g/mol. The number of hydrogen-bond donors (Lipinski definition) is 0. The molecule has 0 radical (unpaired) electrons. The average molecular weight is 168 g/mol. The average Bonchev–Trinajstić information content (AvgIpc) is 2.64. The van der Waals surface area contributed by atoms with Gasteiger partial charge in [-0.05, 0) is 50.9 Å². The topological polar surface area (TPSA) is 9.23 Å². The maximum absolute atomic E-state index is 5.68. The zero-order valence-electron chi connectivity index (χ0n) is 8.25. The van der Waals surface area contributed by atoms with Crippen molar-refractivity contribution < 1.29 is 4.74 Å². The van der Waals surface area contributed by atoms with Crippen LogP contribution < -0.4 is 0 Å². The molecular formula is C11H20O. The molecule has 2 rings (SSSR count). The zero-order valence-corrected chi connectivity index (χ0v) is 8.25. The third-order valence-corrected chi connectivity index (χ3v) is 3.83. The van der Waals surface area contributed by atoms with E-state index in [2.05, 4.69) is 13.8 Å². The number of fused-ring (bicyclic) bond motifs is 2. The predicted molar refractivity (Wildman–Crippen MR) is 50.0 cm³/mol. The van der Waals surface area contributed by atoms with Crippen LogP contribution in [0.2, 0.25) is 0 Å². The van der Waals surface area contributed by atoms with Gasteiger partial charge in [-0.15, -0.1) is 0 Å². The molecule has 2 bridgehead atoms. The fourth-order valence-corrected chi connectivity index (χ4v) is 3.26. The predicted octanol–water partition coefficient (Wildman–Crippen LogP) is 2.85. The molecule has 0 aliphatic heterocycles. The summed E-state index contributed by atoms with van der Waals surface area (Å²) in [5.41, 5.74) is 0. The van der Waals surface area contributed by atoms with Gasteiger partial charge in [-0.25, -0.2) is 0 Å². The van der Waals surface area contributed by atoms with Gasteiger partial charge in [0.2, 0.25) is 0 Å². The smallest absolute Gasteiger partial charge is 0.0577 e. The van der Waals surface area contributed by atoms with Gasteiger partial charge in [0, 0.05) is 6.61 Å². The van der Waals surface area contributed by atoms with Gasteiger partial charge in [0.15, 0.2) is 0 Å². The third-order valence-electron chi connectivity index (χ3n) is 3.83. The van der Waals surface area contributed by atoms with Gasteiger partial charge in [0.25, 0.3) is 0 Å². The Bertz CT molecular complexity index is 155. The number of hydrogen-bond acceptors (Lipinski definition) is 1.